The molecule has 0 aliphatic carbocycles. The van der Waals surface area contributed by atoms with Crippen molar-refractivity contribution in [2.75, 3.05) is 5.32 Å². The molecule has 0 aliphatic heterocycles. The van der Waals surface area contributed by atoms with Gasteiger partial charge in [0.2, 0.25) is 0 Å². The summed E-state index contributed by atoms with van der Waals surface area (Å²) < 4.78 is 6.10. The van der Waals surface area contributed by atoms with Gasteiger partial charge in [-0.15, -0.1) is 0 Å². The van der Waals surface area contributed by atoms with E-state index in [-0.39, 0.29) is 5.56 Å². The Labute approximate surface area is 151 Å². The second-order valence-electron chi connectivity index (χ2n) is 5.58. The van der Waals surface area contributed by atoms with E-state index in [0.717, 1.165) is 20.6 Å². The van der Waals surface area contributed by atoms with E-state index in [1.165, 1.54) is 0 Å². The van der Waals surface area contributed by atoms with Gasteiger partial charge in [0, 0.05) is 9.86 Å². The van der Waals surface area contributed by atoms with Crippen LogP contribution in [0.2, 0.25) is 0 Å². The zero-order valence-corrected chi connectivity index (χ0v) is 14.5. The molecule has 1 N–H and O–H groups in total. The molecular formula is C20H12BrNO3. The molecule has 25 heavy (non-hydrogen) atoms. The lowest BCUT2D eigenvalue weighted by molar-refractivity contribution is 0.102. The molecule has 1 heterocycles. The normalized spacial score (nSPS) is 10.9. The summed E-state index contributed by atoms with van der Waals surface area (Å²) in [6.45, 7) is 0. The number of para-hydroxylation sites is 1. The van der Waals surface area contributed by atoms with Gasteiger partial charge in [-0.1, -0.05) is 42.5 Å². The van der Waals surface area contributed by atoms with Crippen LogP contribution in [0.15, 0.2) is 80.4 Å². The van der Waals surface area contributed by atoms with Gasteiger partial charge in [-0.3, -0.25) is 4.79 Å². The molecule has 0 atom stereocenters. The van der Waals surface area contributed by atoms with Crippen LogP contribution in [0, 0.1) is 0 Å². The first-order chi connectivity index (χ1) is 12.1. The number of hydrogen-bond donors (Lipinski definition) is 1. The third-order valence-corrected chi connectivity index (χ3v) is 4.70. The Kier molecular flexibility index (Phi) is 3.86. The summed E-state index contributed by atoms with van der Waals surface area (Å²) in [6.07, 6.45) is 0. The van der Waals surface area contributed by atoms with Gasteiger partial charge in [-0.25, -0.2) is 4.79 Å². The molecule has 0 radical (unpaired) electrons. The predicted molar refractivity (Wildman–Crippen MR) is 102 cm³/mol. The summed E-state index contributed by atoms with van der Waals surface area (Å²) in [5.41, 5.74) is 0.359. The molecule has 0 fully saturated rings. The number of carbonyl (C=O) groups excluding carboxylic acids is 1. The van der Waals surface area contributed by atoms with Crippen LogP contribution in [0.25, 0.3) is 21.7 Å². The maximum Gasteiger partial charge on any atom is 0.349 e. The third-order valence-electron chi connectivity index (χ3n) is 4.01. The molecule has 0 saturated heterocycles. The number of carbonyl (C=O) groups is 1. The number of rotatable bonds is 2. The third kappa shape index (κ3) is 2.83. The second kappa shape index (κ2) is 6.18. The van der Waals surface area contributed by atoms with Crippen LogP contribution in [-0.2, 0) is 0 Å². The average Bonchev–Trinajstić information content (AvgIpc) is 2.62. The van der Waals surface area contributed by atoms with Crippen LogP contribution in [-0.4, -0.2) is 5.91 Å². The summed E-state index contributed by atoms with van der Waals surface area (Å²) >= 11 is 3.37. The molecule has 4 aromatic rings. The Morgan fingerprint density at radius 3 is 2.52 bits per heavy atom. The molecule has 0 unspecified atom stereocenters. The quantitative estimate of drug-likeness (QED) is 0.386. The fourth-order valence-electron chi connectivity index (χ4n) is 2.78. The van der Waals surface area contributed by atoms with Crippen LogP contribution in [0.3, 0.4) is 0 Å². The van der Waals surface area contributed by atoms with Gasteiger partial charge in [-0.2, -0.15) is 0 Å². The Hall–Kier alpha value is -2.92. The minimum absolute atomic E-state index is 0.0281. The number of halogens is 1. The van der Waals surface area contributed by atoms with Crippen molar-refractivity contribution >= 4 is 49.3 Å². The minimum Gasteiger partial charge on any atom is -0.422 e. The van der Waals surface area contributed by atoms with Crippen molar-refractivity contribution in [1.82, 2.24) is 0 Å². The van der Waals surface area contributed by atoms with Gasteiger partial charge in [0.25, 0.3) is 5.91 Å². The van der Waals surface area contributed by atoms with Crippen LogP contribution >= 0.6 is 15.9 Å². The zero-order chi connectivity index (χ0) is 17.4. The van der Waals surface area contributed by atoms with Gasteiger partial charge in [0.1, 0.15) is 11.1 Å². The summed E-state index contributed by atoms with van der Waals surface area (Å²) in [6, 6.07) is 20.2. The van der Waals surface area contributed by atoms with Crippen LogP contribution in [0.4, 0.5) is 5.69 Å². The highest BCUT2D eigenvalue weighted by atomic mass is 79.9. The van der Waals surface area contributed by atoms with E-state index < -0.39 is 11.5 Å². The number of anilines is 1. The minimum atomic E-state index is -0.660. The number of fused-ring (bicyclic) bond motifs is 3. The zero-order valence-electron chi connectivity index (χ0n) is 13.0. The first-order valence-electron chi connectivity index (χ1n) is 7.65. The SMILES string of the molecule is O=C(Nc1ccccc1Br)c1cc2c(ccc3ccccc32)oc1=O. The van der Waals surface area contributed by atoms with E-state index in [9.17, 15) is 9.59 Å². The summed E-state index contributed by atoms with van der Waals surface area (Å²) in [7, 11) is 0. The molecule has 0 spiro atoms. The summed E-state index contributed by atoms with van der Waals surface area (Å²) in [4.78, 5) is 24.8. The molecule has 3 aromatic carbocycles. The van der Waals surface area contributed by atoms with Crippen molar-refractivity contribution in [3.63, 3.8) is 0 Å². The first-order valence-corrected chi connectivity index (χ1v) is 8.44. The van der Waals surface area contributed by atoms with Crippen molar-refractivity contribution in [3.05, 3.63) is 87.2 Å². The van der Waals surface area contributed by atoms with Gasteiger partial charge in [-0.05, 0) is 51.0 Å². The molecule has 1 aromatic heterocycles. The Morgan fingerprint density at radius 1 is 0.920 bits per heavy atom. The molecule has 0 saturated carbocycles. The van der Waals surface area contributed by atoms with Crippen molar-refractivity contribution in [2.24, 2.45) is 0 Å². The molecular weight excluding hydrogens is 382 g/mol. The first kappa shape index (κ1) is 15.6. The van der Waals surface area contributed by atoms with Crippen LogP contribution in [0.5, 0.6) is 0 Å². The predicted octanol–water partition coefficient (Wildman–Crippen LogP) is 4.96. The number of hydrogen-bond acceptors (Lipinski definition) is 3. The average molecular weight is 394 g/mol. The molecule has 1 amide bonds. The maximum atomic E-state index is 12.6. The van der Waals surface area contributed by atoms with Gasteiger partial charge in [0.05, 0.1) is 5.69 Å². The summed E-state index contributed by atoms with van der Waals surface area (Å²) in [5, 5.41) is 5.41. The monoisotopic (exact) mass is 393 g/mol. The van der Waals surface area contributed by atoms with Gasteiger partial charge >= 0.3 is 5.63 Å². The lowest BCUT2D eigenvalue weighted by atomic mass is 10.0. The Balaban J connectivity index is 1.85. The standard InChI is InChI=1S/C20H12BrNO3/c21-16-7-3-4-8-17(16)22-19(23)15-11-14-13-6-2-1-5-12(13)9-10-18(14)25-20(15)24/h1-11H,(H,22,23). The molecule has 4 rings (SSSR count). The second-order valence-corrected chi connectivity index (χ2v) is 6.43. The van der Waals surface area contributed by atoms with Crippen molar-refractivity contribution < 1.29 is 9.21 Å². The van der Waals surface area contributed by atoms with E-state index in [4.69, 9.17) is 4.42 Å². The highest BCUT2D eigenvalue weighted by molar-refractivity contribution is 9.10. The summed E-state index contributed by atoms with van der Waals surface area (Å²) in [5.74, 6) is -0.504. The van der Waals surface area contributed by atoms with E-state index in [0.29, 0.717) is 11.3 Å². The lowest BCUT2D eigenvalue weighted by Crippen LogP contribution is -2.20. The van der Waals surface area contributed by atoms with Crippen molar-refractivity contribution in [1.29, 1.82) is 0 Å². The topological polar surface area (TPSA) is 59.3 Å². The number of amides is 1. The number of benzene rings is 3. The Morgan fingerprint density at radius 2 is 1.68 bits per heavy atom. The maximum absolute atomic E-state index is 12.6. The lowest BCUT2D eigenvalue weighted by Gasteiger charge is -2.08. The van der Waals surface area contributed by atoms with E-state index >= 15 is 0 Å². The van der Waals surface area contributed by atoms with E-state index in [1.54, 1.807) is 24.3 Å². The fourth-order valence-corrected chi connectivity index (χ4v) is 3.17. The number of nitrogens with one attached hydrogen (secondary N) is 1. The molecule has 0 bridgehead atoms. The Bertz CT molecular complexity index is 1180. The van der Waals surface area contributed by atoms with E-state index in [1.807, 2.05) is 42.5 Å². The smallest absolute Gasteiger partial charge is 0.349 e. The molecule has 122 valence electrons. The molecule has 4 nitrogen and oxygen atoms in total. The largest absolute Gasteiger partial charge is 0.422 e. The van der Waals surface area contributed by atoms with Crippen LogP contribution in [0.1, 0.15) is 10.4 Å². The highest BCUT2D eigenvalue weighted by Crippen LogP contribution is 2.26. The fraction of sp³-hybridized carbons (Fsp3) is 0. The van der Waals surface area contributed by atoms with Gasteiger partial charge < -0.3 is 9.73 Å². The van der Waals surface area contributed by atoms with Gasteiger partial charge in [0.15, 0.2) is 0 Å². The van der Waals surface area contributed by atoms with Crippen molar-refractivity contribution in [3.8, 4) is 0 Å². The molecule has 5 heteroatoms. The molecule has 0 aliphatic rings. The van der Waals surface area contributed by atoms with E-state index in [2.05, 4.69) is 21.2 Å². The highest BCUT2D eigenvalue weighted by Gasteiger charge is 2.16. The van der Waals surface area contributed by atoms with Crippen molar-refractivity contribution in [2.45, 2.75) is 0 Å². The van der Waals surface area contributed by atoms with Crippen LogP contribution < -0.4 is 10.9 Å².